The van der Waals surface area contributed by atoms with Gasteiger partial charge in [0.1, 0.15) is 24.7 Å². The Bertz CT molecular complexity index is 1550. The van der Waals surface area contributed by atoms with Crippen LogP contribution >= 0.6 is 0 Å². The topological polar surface area (TPSA) is 112 Å². The van der Waals surface area contributed by atoms with E-state index in [0.717, 1.165) is 10.3 Å². The van der Waals surface area contributed by atoms with Crippen molar-refractivity contribution in [1.29, 1.82) is 0 Å². The average molecular weight is 535 g/mol. The van der Waals surface area contributed by atoms with Gasteiger partial charge in [-0.2, -0.15) is 0 Å². The van der Waals surface area contributed by atoms with Crippen LogP contribution in [0.3, 0.4) is 0 Å². The number of halogens is 1. The lowest BCUT2D eigenvalue weighted by molar-refractivity contribution is -0.141. The number of amides is 1. The monoisotopic (exact) mass is 534 g/mol. The summed E-state index contributed by atoms with van der Waals surface area (Å²) in [6.07, 6.45) is 1.24. The second-order valence-corrected chi connectivity index (χ2v) is 8.78. The molecule has 1 aromatic heterocycles. The summed E-state index contributed by atoms with van der Waals surface area (Å²) in [7, 11) is 5.01. The van der Waals surface area contributed by atoms with Crippen LogP contribution in [-0.2, 0) is 32.2 Å². The summed E-state index contributed by atoms with van der Waals surface area (Å²) >= 11 is 0. The molecule has 1 N–H and O–H groups in total. The highest BCUT2D eigenvalue weighted by atomic mass is 19.1. The molecule has 4 aromatic rings. The predicted octanol–water partition coefficient (Wildman–Crippen LogP) is 3.72. The fraction of sp³-hybridized carbons (Fsp3) is 0.214. The Morgan fingerprint density at radius 1 is 1.08 bits per heavy atom. The molecule has 0 spiro atoms. The normalized spacial score (nSPS) is 10.8. The van der Waals surface area contributed by atoms with Crippen molar-refractivity contribution in [3.63, 3.8) is 0 Å². The van der Waals surface area contributed by atoms with E-state index < -0.39 is 17.4 Å². The van der Waals surface area contributed by atoms with Crippen molar-refractivity contribution >= 4 is 34.2 Å². The van der Waals surface area contributed by atoms with Gasteiger partial charge < -0.3 is 24.4 Å². The van der Waals surface area contributed by atoms with Crippen molar-refractivity contribution in [2.75, 3.05) is 38.0 Å². The third-order valence-electron chi connectivity index (χ3n) is 5.70. The lowest BCUT2D eigenvalue weighted by Crippen LogP contribution is -2.25. The molecule has 0 saturated carbocycles. The first-order chi connectivity index (χ1) is 18.7. The number of nitrogens with one attached hydrogen (secondary N) is 1. The quantitative estimate of drug-likeness (QED) is 0.307. The predicted molar refractivity (Wildman–Crippen MR) is 144 cm³/mol. The molecule has 0 aliphatic carbocycles. The Hall–Kier alpha value is -4.77. The largest absolute Gasteiger partial charge is 0.468 e. The number of hydrogen-bond acceptors (Lipinski definition) is 8. The number of anilines is 2. The van der Waals surface area contributed by atoms with Gasteiger partial charge in [-0.1, -0.05) is 18.2 Å². The number of fused-ring (bicyclic) bond motifs is 1. The maximum atomic E-state index is 13.1. The van der Waals surface area contributed by atoms with Gasteiger partial charge in [0.15, 0.2) is 5.75 Å². The smallest absolute Gasteiger partial charge is 0.325 e. The minimum Gasteiger partial charge on any atom is -0.468 e. The number of ether oxygens (including phenoxy) is 3. The Kier molecular flexibility index (Phi) is 8.52. The molecular weight excluding hydrogens is 507 g/mol. The zero-order chi connectivity index (χ0) is 27.9. The molecule has 0 unspecified atom stereocenters. The zero-order valence-electron chi connectivity index (χ0n) is 21.6. The van der Waals surface area contributed by atoms with E-state index in [9.17, 15) is 18.8 Å². The van der Waals surface area contributed by atoms with Crippen LogP contribution in [0, 0.1) is 5.82 Å². The molecule has 0 aliphatic heterocycles. The first-order valence-corrected chi connectivity index (χ1v) is 11.9. The SMILES string of the molecule is COC(=O)Cn1cnc2cc(NC(=O)COCc3ccc(F)cc3)c(Oc3cccc(N(C)C)c3)cc2c1=O. The van der Waals surface area contributed by atoms with E-state index >= 15 is 0 Å². The summed E-state index contributed by atoms with van der Waals surface area (Å²) in [5, 5.41) is 2.93. The fourth-order valence-electron chi connectivity index (χ4n) is 3.66. The van der Waals surface area contributed by atoms with Crippen LogP contribution in [0.5, 0.6) is 11.5 Å². The molecule has 202 valence electrons. The maximum Gasteiger partial charge on any atom is 0.325 e. The van der Waals surface area contributed by atoms with Crippen LogP contribution in [0.4, 0.5) is 15.8 Å². The lowest BCUT2D eigenvalue weighted by Gasteiger charge is -2.16. The van der Waals surface area contributed by atoms with Crippen LogP contribution in [0.1, 0.15) is 5.56 Å². The standard InChI is InChI=1S/C28H27FN4O6/c1-32(2)20-5-4-6-21(11-20)39-25-12-22-23(30-17-33(28(22)36)14-27(35)37-3)13-24(25)31-26(34)16-38-15-18-7-9-19(29)10-8-18/h4-13,17H,14-16H2,1-3H3,(H,31,34). The van der Waals surface area contributed by atoms with E-state index in [1.54, 1.807) is 24.3 Å². The molecule has 0 saturated heterocycles. The van der Waals surface area contributed by atoms with Gasteiger partial charge in [-0.15, -0.1) is 0 Å². The van der Waals surface area contributed by atoms with Gasteiger partial charge >= 0.3 is 5.97 Å². The average Bonchev–Trinajstić information content (AvgIpc) is 2.92. The second kappa shape index (κ2) is 12.2. The van der Waals surface area contributed by atoms with Crippen molar-refractivity contribution in [3.8, 4) is 11.5 Å². The fourth-order valence-corrected chi connectivity index (χ4v) is 3.66. The van der Waals surface area contributed by atoms with Crippen LogP contribution in [0.15, 0.2) is 71.8 Å². The Balaban J connectivity index is 1.62. The van der Waals surface area contributed by atoms with Crippen molar-refractivity contribution in [3.05, 3.63) is 88.7 Å². The minimum absolute atomic E-state index is 0.118. The van der Waals surface area contributed by atoms with E-state index in [2.05, 4.69) is 15.0 Å². The summed E-state index contributed by atoms with van der Waals surface area (Å²) in [6, 6.07) is 16.0. The summed E-state index contributed by atoms with van der Waals surface area (Å²) in [6.45, 7) is -0.463. The van der Waals surface area contributed by atoms with Crippen LogP contribution < -0.4 is 20.5 Å². The molecular formula is C28H27FN4O6. The van der Waals surface area contributed by atoms with Gasteiger partial charge in [0.2, 0.25) is 5.91 Å². The number of benzene rings is 3. The third-order valence-corrected chi connectivity index (χ3v) is 5.70. The van der Waals surface area contributed by atoms with Gasteiger partial charge in [0.05, 0.1) is 36.6 Å². The molecule has 11 heteroatoms. The number of hydrogen-bond donors (Lipinski definition) is 1. The van der Waals surface area contributed by atoms with Gasteiger partial charge in [-0.3, -0.25) is 19.0 Å². The molecule has 0 fully saturated rings. The van der Waals surface area contributed by atoms with Crippen LogP contribution in [-0.4, -0.2) is 49.2 Å². The second-order valence-electron chi connectivity index (χ2n) is 8.78. The highest BCUT2D eigenvalue weighted by molar-refractivity contribution is 5.96. The number of carbonyl (C=O) groups is 2. The van der Waals surface area contributed by atoms with Crippen LogP contribution in [0.2, 0.25) is 0 Å². The van der Waals surface area contributed by atoms with Crippen molar-refractivity contribution in [2.24, 2.45) is 0 Å². The molecule has 0 radical (unpaired) electrons. The van der Waals surface area contributed by atoms with E-state index in [4.69, 9.17) is 9.47 Å². The molecule has 3 aromatic carbocycles. The number of aromatic nitrogens is 2. The minimum atomic E-state index is -0.597. The number of methoxy groups -OCH3 is 1. The van der Waals surface area contributed by atoms with Gasteiger partial charge in [-0.05, 0) is 42.0 Å². The molecule has 10 nitrogen and oxygen atoms in total. The van der Waals surface area contributed by atoms with E-state index in [1.165, 1.54) is 37.7 Å². The van der Waals surface area contributed by atoms with Crippen molar-refractivity contribution in [2.45, 2.75) is 13.2 Å². The van der Waals surface area contributed by atoms with Gasteiger partial charge in [-0.25, -0.2) is 9.37 Å². The summed E-state index contributed by atoms with van der Waals surface area (Å²) in [5.74, 6) is -0.758. The summed E-state index contributed by atoms with van der Waals surface area (Å²) in [5.41, 5.74) is 1.68. The zero-order valence-corrected chi connectivity index (χ0v) is 21.6. The number of carbonyl (C=O) groups excluding carboxylic acids is 2. The van der Waals surface area contributed by atoms with E-state index in [1.807, 2.05) is 31.1 Å². The molecule has 4 rings (SSSR count). The van der Waals surface area contributed by atoms with Crippen LogP contribution in [0.25, 0.3) is 10.9 Å². The molecule has 39 heavy (non-hydrogen) atoms. The lowest BCUT2D eigenvalue weighted by atomic mass is 10.2. The first-order valence-electron chi connectivity index (χ1n) is 11.9. The Labute approximate surface area is 223 Å². The molecule has 0 atom stereocenters. The van der Waals surface area contributed by atoms with Crippen molar-refractivity contribution < 1.29 is 28.2 Å². The molecule has 0 aliphatic rings. The number of nitrogens with zero attached hydrogens (tertiary/aromatic N) is 3. The molecule has 1 amide bonds. The highest BCUT2D eigenvalue weighted by Gasteiger charge is 2.16. The van der Waals surface area contributed by atoms with Gasteiger partial charge in [0, 0.05) is 25.8 Å². The number of esters is 1. The maximum absolute atomic E-state index is 13.1. The highest BCUT2D eigenvalue weighted by Crippen LogP contribution is 2.33. The van der Waals surface area contributed by atoms with E-state index in [0.29, 0.717) is 11.3 Å². The number of rotatable bonds is 10. The molecule has 0 bridgehead atoms. The summed E-state index contributed by atoms with van der Waals surface area (Å²) in [4.78, 5) is 43.7. The summed E-state index contributed by atoms with van der Waals surface area (Å²) < 4.78 is 30.5. The van der Waals surface area contributed by atoms with Crippen molar-refractivity contribution in [1.82, 2.24) is 9.55 Å². The van der Waals surface area contributed by atoms with Gasteiger partial charge in [0.25, 0.3) is 5.56 Å². The Morgan fingerprint density at radius 2 is 1.85 bits per heavy atom. The van der Waals surface area contributed by atoms with E-state index in [-0.39, 0.29) is 47.9 Å². The molecule has 1 heterocycles. The first kappa shape index (κ1) is 27.3. The third kappa shape index (κ3) is 6.96. The Morgan fingerprint density at radius 3 is 2.56 bits per heavy atom.